The van der Waals surface area contributed by atoms with Gasteiger partial charge in [0.05, 0.1) is 7.11 Å². The van der Waals surface area contributed by atoms with Crippen molar-refractivity contribution in [1.82, 2.24) is 0 Å². The maximum absolute atomic E-state index is 13.0. The molecule has 0 aromatic heterocycles. The second kappa shape index (κ2) is 6.28. The normalized spacial score (nSPS) is 18.2. The van der Waals surface area contributed by atoms with Crippen molar-refractivity contribution >= 4 is 11.9 Å². The highest BCUT2D eigenvalue weighted by molar-refractivity contribution is 6.07. The molecule has 0 N–H and O–H groups in total. The van der Waals surface area contributed by atoms with Gasteiger partial charge in [0.15, 0.2) is 5.78 Å². The van der Waals surface area contributed by atoms with Gasteiger partial charge in [-0.2, -0.15) is 0 Å². The van der Waals surface area contributed by atoms with Crippen LogP contribution in [0.25, 0.3) is 6.08 Å². The molecule has 0 bridgehead atoms. The van der Waals surface area contributed by atoms with Crippen LogP contribution in [-0.2, 0) is 4.79 Å². The van der Waals surface area contributed by atoms with E-state index in [9.17, 15) is 4.79 Å². The second-order valence-electron chi connectivity index (χ2n) is 7.69. The number of benzene rings is 1. The molecule has 120 valence electrons. The van der Waals surface area contributed by atoms with Gasteiger partial charge in [-0.25, -0.2) is 0 Å². The Morgan fingerprint density at radius 3 is 2.45 bits per heavy atom. The number of Topliss-reactive ketones (excluding diaryl/α,β-unsaturated/α-hetero) is 1. The number of carbonyl (C=O) groups excluding carboxylic acids is 1. The molecule has 1 unspecified atom stereocenters. The van der Waals surface area contributed by atoms with Crippen molar-refractivity contribution in [1.29, 1.82) is 0 Å². The smallest absolute Gasteiger partial charge is 0.166 e. The van der Waals surface area contributed by atoms with Gasteiger partial charge in [0.1, 0.15) is 5.75 Å². The predicted molar refractivity (Wildman–Crippen MR) is 92.2 cm³/mol. The maximum Gasteiger partial charge on any atom is 0.166 e. The Kier molecular flexibility index (Phi) is 4.79. The van der Waals surface area contributed by atoms with E-state index in [0.717, 1.165) is 29.7 Å². The molecule has 0 radical (unpaired) electrons. The van der Waals surface area contributed by atoms with Gasteiger partial charge >= 0.3 is 0 Å². The number of hydrogen-bond donors (Lipinski definition) is 0. The molecule has 2 nitrogen and oxygen atoms in total. The number of rotatable bonds is 4. The molecule has 1 aliphatic rings. The third kappa shape index (κ3) is 3.43. The van der Waals surface area contributed by atoms with Crippen molar-refractivity contribution < 1.29 is 9.53 Å². The highest BCUT2D eigenvalue weighted by atomic mass is 16.5. The number of hydrogen-bond acceptors (Lipinski definition) is 2. The zero-order chi connectivity index (χ0) is 16.5. The molecule has 0 saturated carbocycles. The maximum atomic E-state index is 13.0. The number of ketones is 1. The summed E-state index contributed by atoms with van der Waals surface area (Å²) < 4.78 is 5.35. The molecule has 0 heterocycles. The lowest BCUT2D eigenvalue weighted by molar-refractivity contribution is -0.118. The summed E-state index contributed by atoms with van der Waals surface area (Å²) in [6, 6.07) is 6.09. The average Bonchev–Trinajstić information content (AvgIpc) is 2.43. The van der Waals surface area contributed by atoms with E-state index in [1.807, 2.05) is 12.1 Å². The van der Waals surface area contributed by atoms with Crippen LogP contribution in [0.2, 0.25) is 0 Å². The Bertz CT molecular complexity index is 588. The van der Waals surface area contributed by atoms with Crippen LogP contribution in [0.3, 0.4) is 0 Å². The van der Waals surface area contributed by atoms with Crippen LogP contribution in [0.5, 0.6) is 5.75 Å². The van der Waals surface area contributed by atoms with Gasteiger partial charge in [-0.1, -0.05) is 40.7 Å². The third-order valence-corrected chi connectivity index (χ3v) is 4.39. The first-order chi connectivity index (χ1) is 10.2. The molecular formula is C20H28O2. The van der Waals surface area contributed by atoms with E-state index in [4.69, 9.17) is 4.74 Å². The van der Waals surface area contributed by atoms with Gasteiger partial charge in [-0.3, -0.25) is 4.79 Å². The molecule has 1 atom stereocenters. The van der Waals surface area contributed by atoms with Crippen molar-refractivity contribution in [2.45, 2.75) is 53.4 Å². The van der Waals surface area contributed by atoms with Crippen LogP contribution in [0, 0.1) is 11.3 Å². The molecule has 2 rings (SSSR count). The molecule has 1 aliphatic carbocycles. The third-order valence-electron chi connectivity index (χ3n) is 4.39. The fourth-order valence-corrected chi connectivity index (χ4v) is 3.04. The Labute approximate surface area is 134 Å². The van der Waals surface area contributed by atoms with Gasteiger partial charge < -0.3 is 4.74 Å². The Morgan fingerprint density at radius 2 is 1.91 bits per heavy atom. The van der Waals surface area contributed by atoms with Crippen molar-refractivity contribution in [3.63, 3.8) is 0 Å². The van der Waals surface area contributed by atoms with E-state index in [1.54, 1.807) is 7.11 Å². The summed E-state index contributed by atoms with van der Waals surface area (Å²) in [5, 5.41) is 0. The summed E-state index contributed by atoms with van der Waals surface area (Å²) in [6.45, 7) is 10.8. The summed E-state index contributed by atoms with van der Waals surface area (Å²) in [4.78, 5) is 13.0. The zero-order valence-corrected chi connectivity index (χ0v) is 14.7. The molecule has 22 heavy (non-hydrogen) atoms. The molecule has 1 aromatic carbocycles. The van der Waals surface area contributed by atoms with E-state index < -0.39 is 0 Å². The lowest BCUT2D eigenvalue weighted by Crippen LogP contribution is -2.27. The summed E-state index contributed by atoms with van der Waals surface area (Å²) in [7, 11) is 1.67. The van der Waals surface area contributed by atoms with Gasteiger partial charge in [-0.05, 0) is 53.5 Å². The van der Waals surface area contributed by atoms with E-state index in [1.165, 1.54) is 5.56 Å². The molecule has 2 heteroatoms. The molecule has 0 amide bonds. The van der Waals surface area contributed by atoms with Crippen molar-refractivity contribution in [2.75, 3.05) is 7.11 Å². The topological polar surface area (TPSA) is 26.3 Å². The number of carbonyl (C=O) groups is 1. The van der Waals surface area contributed by atoms with E-state index in [0.29, 0.717) is 5.92 Å². The van der Waals surface area contributed by atoms with Gasteiger partial charge in [0.25, 0.3) is 0 Å². The first-order valence-electron chi connectivity index (χ1n) is 8.18. The summed E-state index contributed by atoms with van der Waals surface area (Å²) in [6.07, 6.45) is 4.04. The first kappa shape index (κ1) is 16.8. The number of allylic oxidation sites excluding steroid dienone is 1. The van der Waals surface area contributed by atoms with Gasteiger partial charge in [0.2, 0.25) is 0 Å². The Hall–Kier alpha value is -1.57. The van der Waals surface area contributed by atoms with Crippen LogP contribution in [-0.4, -0.2) is 12.9 Å². The van der Waals surface area contributed by atoms with Crippen molar-refractivity contribution in [3.05, 3.63) is 34.9 Å². The van der Waals surface area contributed by atoms with Gasteiger partial charge in [-0.15, -0.1) is 0 Å². The molecule has 0 spiro atoms. The van der Waals surface area contributed by atoms with E-state index in [-0.39, 0.29) is 17.1 Å². The molecule has 0 saturated heterocycles. The summed E-state index contributed by atoms with van der Waals surface area (Å²) in [5.41, 5.74) is 3.11. The summed E-state index contributed by atoms with van der Waals surface area (Å²) >= 11 is 0. The molecule has 0 fully saturated rings. The predicted octanol–water partition coefficient (Wildman–Crippen LogP) is 5.23. The van der Waals surface area contributed by atoms with E-state index >= 15 is 0 Å². The van der Waals surface area contributed by atoms with Crippen LogP contribution < -0.4 is 4.74 Å². The van der Waals surface area contributed by atoms with Crippen LogP contribution >= 0.6 is 0 Å². The lowest BCUT2D eigenvalue weighted by Gasteiger charge is -2.31. The zero-order valence-electron chi connectivity index (χ0n) is 14.7. The monoisotopic (exact) mass is 300 g/mol. The number of fused-ring (bicyclic) bond motifs is 1. The Morgan fingerprint density at radius 1 is 1.23 bits per heavy atom. The molecular weight excluding hydrogens is 272 g/mol. The molecule has 1 aromatic rings. The molecule has 0 aliphatic heterocycles. The van der Waals surface area contributed by atoms with E-state index in [2.05, 4.69) is 46.8 Å². The average molecular weight is 300 g/mol. The minimum atomic E-state index is -0.120. The largest absolute Gasteiger partial charge is 0.497 e. The van der Waals surface area contributed by atoms with Crippen LogP contribution in [0.4, 0.5) is 0 Å². The first-order valence-corrected chi connectivity index (χ1v) is 8.18. The fourth-order valence-electron chi connectivity index (χ4n) is 3.04. The van der Waals surface area contributed by atoms with Crippen LogP contribution in [0.15, 0.2) is 23.8 Å². The standard InChI is InChI=1S/C20H28O2/c1-13(2)7-10-16-17-12-15(22-6)9-8-14(17)11-18(19(16)21)20(3,4)5/h8-9,11-13,16H,7,10H2,1-6H3. The highest BCUT2D eigenvalue weighted by Crippen LogP contribution is 2.42. The minimum absolute atomic E-state index is 0.0354. The minimum Gasteiger partial charge on any atom is -0.497 e. The van der Waals surface area contributed by atoms with Gasteiger partial charge in [0, 0.05) is 11.5 Å². The highest BCUT2D eigenvalue weighted by Gasteiger charge is 2.34. The van der Waals surface area contributed by atoms with Crippen molar-refractivity contribution in [2.24, 2.45) is 11.3 Å². The lowest BCUT2D eigenvalue weighted by atomic mass is 9.71. The Balaban J connectivity index is 2.49. The quantitative estimate of drug-likeness (QED) is 0.761. The second-order valence-corrected chi connectivity index (χ2v) is 7.69. The number of methoxy groups -OCH3 is 1. The SMILES string of the molecule is COc1ccc2c(c1)C(CCC(C)C)C(=O)C(C(C)(C)C)=C2. The summed E-state index contributed by atoms with van der Waals surface area (Å²) in [5.74, 6) is 1.68. The van der Waals surface area contributed by atoms with Crippen molar-refractivity contribution in [3.8, 4) is 5.75 Å². The fraction of sp³-hybridized carbons (Fsp3) is 0.550. The van der Waals surface area contributed by atoms with Crippen LogP contribution in [0.1, 0.15) is 64.5 Å². The number of ether oxygens (including phenoxy) is 1.